The summed E-state index contributed by atoms with van der Waals surface area (Å²) in [4.78, 5) is 15.9. The van der Waals surface area contributed by atoms with E-state index in [-0.39, 0.29) is 0 Å². The molecule has 0 aliphatic carbocycles. The summed E-state index contributed by atoms with van der Waals surface area (Å²) < 4.78 is 2.37. The molecule has 61 heavy (non-hydrogen) atoms. The van der Waals surface area contributed by atoms with Crippen LogP contribution in [0.1, 0.15) is 0 Å². The van der Waals surface area contributed by atoms with Crippen LogP contribution in [0.15, 0.2) is 231 Å². The van der Waals surface area contributed by atoms with Crippen molar-refractivity contribution in [2.24, 2.45) is 0 Å². The molecule has 2 aromatic heterocycles. The highest BCUT2D eigenvalue weighted by molar-refractivity contribution is 6.09. The average Bonchev–Trinajstić information content (AvgIpc) is 3.69. The molecule has 0 radical (unpaired) electrons. The van der Waals surface area contributed by atoms with Crippen molar-refractivity contribution in [3.63, 3.8) is 0 Å². The van der Waals surface area contributed by atoms with Crippen molar-refractivity contribution in [1.29, 1.82) is 0 Å². The third kappa shape index (κ3) is 6.86. The van der Waals surface area contributed by atoms with Crippen LogP contribution in [-0.4, -0.2) is 19.5 Å². The van der Waals surface area contributed by atoms with Gasteiger partial charge in [0.15, 0.2) is 17.5 Å². The minimum atomic E-state index is 0.596. The van der Waals surface area contributed by atoms with Crippen LogP contribution in [0.25, 0.3) is 106 Å². The predicted molar refractivity (Wildman–Crippen MR) is 252 cm³/mol. The van der Waals surface area contributed by atoms with Gasteiger partial charge in [-0.2, -0.15) is 0 Å². The summed E-state index contributed by atoms with van der Waals surface area (Å²) in [6, 6.07) is 81.2. The first kappa shape index (κ1) is 35.9. The Labute approximate surface area is 354 Å². The minimum absolute atomic E-state index is 0.596. The topological polar surface area (TPSA) is 43.6 Å². The van der Waals surface area contributed by atoms with Gasteiger partial charge in [-0.1, -0.05) is 194 Å². The highest BCUT2D eigenvalue weighted by Crippen LogP contribution is 2.39. The zero-order valence-electron chi connectivity index (χ0n) is 33.2. The van der Waals surface area contributed by atoms with Crippen LogP contribution in [0, 0.1) is 0 Å². The average molecular weight is 779 g/mol. The van der Waals surface area contributed by atoms with Gasteiger partial charge in [0, 0.05) is 27.5 Å². The summed E-state index contributed by atoms with van der Waals surface area (Å²) in [5.74, 6) is 1.81. The zero-order chi connectivity index (χ0) is 40.5. The highest BCUT2D eigenvalue weighted by Gasteiger charge is 2.21. The van der Waals surface area contributed by atoms with E-state index in [0.29, 0.717) is 17.5 Å². The quantitative estimate of drug-likeness (QED) is 0.154. The number of fused-ring (bicyclic) bond motifs is 3. The monoisotopic (exact) mass is 778 g/mol. The molecule has 4 nitrogen and oxygen atoms in total. The first-order valence-electron chi connectivity index (χ1n) is 20.6. The Morgan fingerprint density at radius 1 is 0.246 bits per heavy atom. The van der Waals surface area contributed by atoms with Gasteiger partial charge >= 0.3 is 0 Å². The molecule has 0 saturated carbocycles. The lowest BCUT2D eigenvalue weighted by Gasteiger charge is -2.17. The minimum Gasteiger partial charge on any atom is -0.308 e. The maximum Gasteiger partial charge on any atom is 0.166 e. The predicted octanol–water partition coefficient (Wildman–Crippen LogP) is 14.6. The van der Waals surface area contributed by atoms with E-state index in [1.165, 1.54) is 21.9 Å². The second-order valence-electron chi connectivity index (χ2n) is 15.2. The van der Waals surface area contributed by atoms with E-state index in [0.717, 1.165) is 66.8 Å². The fourth-order valence-corrected chi connectivity index (χ4v) is 8.44. The lowest BCUT2D eigenvalue weighted by atomic mass is 9.97. The Bertz CT molecular complexity index is 3280. The number of para-hydroxylation sites is 2. The largest absolute Gasteiger partial charge is 0.308 e. The standard InChI is InChI=1S/C57H38N4/c1-4-16-39(17-5-1)42-30-32-43(33-31-42)55-58-56(48-25-15-23-45(37-48)41-20-8-3-9-21-41)60-57(59-55)51-35-34-47(46-24-14-22-44(36-46)40-18-6-2-7-19-40)38-54(51)61-52-28-12-10-26-49(52)50-27-11-13-29-53(50)61/h1-38H. The summed E-state index contributed by atoms with van der Waals surface area (Å²) in [7, 11) is 0. The lowest BCUT2D eigenvalue weighted by Crippen LogP contribution is -2.04. The van der Waals surface area contributed by atoms with Crippen LogP contribution >= 0.6 is 0 Å². The van der Waals surface area contributed by atoms with Gasteiger partial charge in [0.1, 0.15) is 0 Å². The van der Waals surface area contributed by atoms with Gasteiger partial charge in [0.05, 0.1) is 16.7 Å². The van der Waals surface area contributed by atoms with E-state index in [1.54, 1.807) is 0 Å². The van der Waals surface area contributed by atoms with Crippen molar-refractivity contribution in [3.05, 3.63) is 231 Å². The summed E-state index contributed by atoms with van der Waals surface area (Å²) in [5.41, 5.74) is 15.1. The Morgan fingerprint density at radius 3 is 1.18 bits per heavy atom. The molecule has 11 rings (SSSR count). The van der Waals surface area contributed by atoms with Crippen LogP contribution in [0.4, 0.5) is 0 Å². The highest BCUT2D eigenvalue weighted by atomic mass is 15.1. The zero-order valence-corrected chi connectivity index (χ0v) is 33.2. The third-order valence-corrected chi connectivity index (χ3v) is 11.5. The van der Waals surface area contributed by atoms with Crippen LogP contribution in [-0.2, 0) is 0 Å². The number of aromatic nitrogens is 4. The summed E-state index contributed by atoms with van der Waals surface area (Å²) >= 11 is 0. The molecule has 0 saturated heterocycles. The van der Waals surface area contributed by atoms with E-state index in [9.17, 15) is 0 Å². The van der Waals surface area contributed by atoms with E-state index in [2.05, 4.69) is 223 Å². The van der Waals surface area contributed by atoms with Gasteiger partial charge in [-0.15, -0.1) is 0 Å². The number of nitrogens with zero attached hydrogens (tertiary/aromatic N) is 4. The second kappa shape index (κ2) is 15.5. The SMILES string of the molecule is c1ccc(-c2ccc(-c3nc(-c4cccc(-c5ccccc5)c4)nc(-c4ccc(-c5cccc(-c6ccccc6)c5)cc4-n4c5ccccc5c5ccccc54)n3)cc2)cc1. The first-order chi connectivity index (χ1) is 30.2. The maximum atomic E-state index is 5.35. The van der Waals surface area contributed by atoms with E-state index in [4.69, 9.17) is 15.0 Å². The summed E-state index contributed by atoms with van der Waals surface area (Å²) in [6.45, 7) is 0. The molecule has 0 aliphatic rings. The van der Waals surface area contributed by atoms with Crippen molar-refractivity contribution in [3.8, 4) is 84.4 Å². The van der Waals surface area contributed by atoms with Gasteiger partial charge in [0.25, 0.3) is 0 Å². The number of hydrogen-bond acceptors (Lipinski definition) is 3. The van der Waals surface area contributed by atoms with Crippen molar-refractivity contribution >= 4 is 21.8 Å². The van der Waals surface area contributed by atoms with Gasteiger partial charge in [-0.05, 0) is 80.9 Å². The molecular weight excluding hydrogens is 741 g/mol. The Balaban J connectivity index is 1.14. The van der Waals surface area contributed by atoms with Gasteiger partial charge in [0.2, 0.25) is 0 Å². The van der Waals surface area contributed by atoms with Crippen LogP contribution in [0.5, 0.6) is 0 Å². The van der Waals surface area contributed by atoms with Crippen molar-refractivity contribution < 1.29 is 0 Å². The number of benzene rings is 9. The Kier molecular flexibility index (Phi) is 9.14. The Hall–Kier alpha value is -8.21. The lowest BCUT2D eigenvalue weighted by molar-refractivity contribution is 1.06. The first-order valence-corrected chi connectivity index (χ1v) is 20.6. The molecule has 0 fully saturated rings. The molecular formula is C57H38N4. The molecule has 0 amide bonds. The molecule has 9 aromatic carbocycles. The van der Waals surface area contributed by atoms with Crippen LogP contribution in [0.3, 0.4) is 0 Å². The van der Waals surface area contributed by atoms with Crippen molar-refractivity contribution in [2.45, 2.75) is 0 Å². The summed E-state index contributed by atoms with van der Waals surface area (Å²) in [5, 5.41) is 2.38. The van der Waals surface area contributed by atoms with E-state index in [1.807, 2.05) is 12.1 Å². The molecule has 2 heterocycles. The molecule has 11 aromatic rings. The molecule has 0 unspecified atom stereocenters. The second-order valence-corrected chi connectivity index (χ2v) is 15.2. The fraction of sp³-hybridized carbons (Fsp3) is 0. The molecule has 4 heteroatoms. The third-order valence-electron chi connectivity index (χ3n) is 11.5. The molecule has 0 spiro atoms. The molecule has 0 atom stereocenters. The van der Waals surface area contributed by atoms with Gasteiger partial charge in [-0.3, -0.25) is 0 Å². The van der Waals surface area contributed by atoms with Crippen molar-refractivity contribution in [2.75, 3.05) is 0 Å². The van der Waals surface area contributed by atoms with Gasteiger partial charge in [-0.25, -0.2) is 15.0 Å². The van der Waals surface area contributed by atoms with Gasteiger partial charge < -0.3 is 4.57 Å². The maximum absolute atomic E-state index is 5.35. The van der Waals surface area contributed by atoms with E-state index >= 15 is 0 Å². The normalized spacial score (nSPS) is 11.3. The molecule has 286 valence electrons. The fourth-order valence-electron chi connectivity index (χ4n) is 8.44. The molecule has 0 bridgehead atoms. The molecule has 0 N–H and O–H groups in total. The smallest absolute Gasteiger partial charge is 0.166 e. The number of hydrogen-bond donors (Lipinski definition) is 0. The van der Waals surface area contributed by atoms with E-state index < -0.39 is 0 Å². The van der Waals surface area contributed by atoms with Crippen molar-refractivity contribution in [1.82, 2.24) is 19.5 Å². The van der Waals surface area contributed by atoms with Crippen LogP contribution in [0.2, 0.25) is 0 Å². The Morgan fingerprint density at radius 2 is 0.607 bits per heavy atom. The molecule has 0 aliphatic heterocycles. The van der Waals surface area contributed by atoms with Crippen LogP contribution < -0.4 is 0 Å². The number of rotatable bonds is 8. The summed E-state index contributed by atoms with van der Waals surface area (Å²) in [6.07, 6.45) is 0.